The molecular weight excluding hydrogens is 286 g/mol. The third-order valence-corrected chi connectivity index (χ3v) is 5.18. The van der Waals surface area contributed by atoms with Crippen molar-refractivity contribution >= 4 is 23.7 Å². The maximum Gasteiger partial charge on any atom is 0.0636 e. The van der Waals surface area contributed by atoms with Crippen LogP contribution >= 0.6 is 11.8 Å². The van der Waals surface area contributed by atoms with Gasteiger partial charge in [-0.1, -0.05) is 42.8 Å². The highest BCUT2D eigenvalue weighted by Crippen LogP contribution is 2.38. The van der Waals surface area contributed by atoms with Gasteiger partial charge in [-0.2, -0.15) is 0 Å². The molecule has 2 aromatic rings. The van der Waals surface area contributed by atoms with Crippen LogP contribution in [0.1, 0.15) is 31.4 Å². The van der Waals surface area contributed by atoms with Crippen molar-refractivity contribution in [3.05, 3.63) is 64.1 Å². The molecule has 112 valence electrons. The smallest absolute Gasteiger partial charge is 0.0636 e. The Morgan fingerprint density at radius 1 is 1.14 bits per heavy atom. The fourth-order valence-corrected chi connectivity index (χ4v) is 3.49. The molecule has 0 aliphatic heterocycles. The number of nitrogens with zero attached hydrogens (tertiary/aromatic N) is 1. The van der Waals surface area contributed by atoms with Crippen LogP contribution in [0.4, 0.5) is 5.69 Å². The number of aliphatic imine (C=N–C) groups is 1. The van der Waals surface area contributed by atoms with Gasteiger partial charge in [-0.25, -0.2) is 0 Å². The van der Waals surface area contributed by atoms with Crippen molar-refractivity contribution in [2.45, 2.75) is 26.7 Å². The fraction of sp³-hybridized carbons (Fsp3) is 0.250. The second-order valence-corrected chi connectivity index (χ2v) is 6.48. The zero-order chi connectivity index (χ0) is 15.5. The van der Waals surface area contributed by atoms with Crippen LogP contribution in [-0.2, 0) is 6.42 Å². The van der Waals surface area contributed by atoms with Gasteiger partial charge in [0.2, 0.25) is 0 Å². The molecule has 1 nitrogen and oxygen atoms in total. The summed E-state index contributed by atoms with van der Waals surface area (Å²) in [5.74, 6) is 0. The van der Waals surface area contributed by atoms with Gasteiger partial charge in [0, 0.05) is 11.1 Å². The molecule has 0 fully saturated rings. The van der Waals surface area contributed by atoms with Crippen molar-refractivity contribution in [1.82, 2.24) is 0 Å². The summed E-state index contributed by atoms with van der Waals surface area (Å²) >= 11 is 1.77. The molecule has 0 unspecified atom stereocenters. The Morgan fingerprint density at radius 3 is 2.68 bits per heavy atom. The van der Waals surface area contributed by atoms with Crippen LogP contribution in [0.2, 0.25) is 0 Å². The Hall–Kier alpha value is -1.80. The minimum Gasteiger partial charge on any atom is -0.256 e. The van der Waals surface area contributed by atoms with Gasteiger partial charge in [0.15, 0.2) is 0 Å². The quantitative estimate of drug-likeness (QED) is 0.538. The van der Waals surface area contributed by atoms with E-state index in [0.717, 1.165) is 18.5 Å². The van der Waals surface area contributed by atoms with E-state index in [9.17, 15) is 0 Å². The highest BCUT2D eigenvalue weighted by molar-refractivity contribution is 8.03. The normalized spacial score (nSPS) is 14.0. The Morgan fingerprint density at radius 2 is 1.91 bits per heavy atom. The number of hydrogen-bond acceptors (Lipinski definition) is 2. The van der Waals surface area contributed by atoms with Crippen molar-refractivity contribution in [3.63, 3.8) is 0 Å². The number of hydrogen-bond donors (Lipinski definition) is 0. The molecule has 0 N–H and O–H groups in total. The van der Waals surface area contributed by atoms with Crippen LogP contribution in [-0.4, -0.2) is 12.5 Å². The van der Waals surface area contributed by atoms with Crippen LogP contribution in [0.25, 0.3) is 11.1 Å². The molecule has 0 radical (unpaired) electrons. The van der Waals surface area contributed by atoms with Gasteiger partial charge >= 0.3 is 0 Å². The van der Waals surface area contributed by atoms with Crippen molar-refractivity contribution in [2.24, 2.45) is 4.99 Å². The van der Waals surface area contributed by atoms with E-state index in [2.05, 4.69) is 62.6 Å². The maximum atomic E-state index is 4.69. The standard InChI is InChI=1S/C20H21NS/c1-4-14(2)20(22-3)13-21-17-10-9-16-11-15-7-5-6-8-18(15)19(16)12-17/h5-10,12-13H,4,11H2,1-3H3/b20-14-,21-13?. The molecule has 2 heteroatoms. The van der Waals surface area contributed by atoms with E-state index in [1.54, 1.807) is 11.8 Å². The van der Waals surface area contributed by atoms with E-state index in [-0.39, 0.29) is 0 Å². The van der Waals surface area contributed by atoms with Gasteiger partial charge in [0.25, 0.3) is 0 Å². The molecule has 1 aliphatic rings. The second kappa shape index (κ2) is 6.53. The third-order valence-electron chi connectivity index (χ3n) is 4.28. The number of benzene rings is 2. The van der Waals surface area contributed by atoms with E-state index in [1.807, 2.05) is 6.21 Å². The lowest BCUT2D eigenvalue weighted by atomic mass is 10.1. The second-order valence-electron chi connectivity index (χ2n) is 5.64. The topological polar surface area (TPSA) is 12.4 Å². The van der Waals surface area contributed by atoms with E-state index in [0.29, 0.717) is 0 Å². The zero-order valence-electron chi connectivity index (χ0n) is 13.4. The lowest BCUT2D eigenvalue weighted by Crippen LogP contribution is -1.85. The van der Waals surface area contributed by atoms with Crippen LogP contribution < -0.4 is 0 Å². The SMILES string of the molecule is CC/C(C)=C(/C=Nc1ccc2c(c1)-c1ccccc1C2)SC. The third kappa shape index (κ3) is 2.89. The fourth-order valence-electron chi connectivity index (χ4n) is 2.84. The molecule has 3 rings (SSSR count). The van der Waals surface area contributed by atoms with Gasteiger partial charge < -0.3 is 0 Å². The van der Waals surface area contributed by atoms with Crippen LogP contribution in [0, 0.1) is 0 Å². The van der Waals surface area contributed by atoms with Crippen molar-refractivity contribution in [3.8, 4) is 11.1 Å². The first kappa shape index (κ1) is 15.1. The first-order chi connectivity index (χ1) is 10.7. The highest BCUT2D eigenvalue weighted by atomic mass is 32.2. The molecule has 1 aliphatic carbocycles. The van der Waals surface area contributed by atoms with Gasteiger partial charge in [-0.15, -0.1) is 11.8 Å². The molecule has 0 saturated heterocycles. The molecule has 0 bridgehead atoms. The van der Waals surface area contributed by atoms with Gasteiger partial charge in [0.05, 0.1) is 5.69 Å². The number of rotatable bonds is 4. The molecule has 0 atom stereocenters. The van der Waals surface area contributed by atoms with E-state index in [1.165, 1.54) is 32.7 Å². The molecular formula is C20H21NS. The maximum absolute atomic E-state index is 4.69. The number of allylic oxidation sites excluding steroid dienone is 2. The molecule has 0 amide bonds. The summed E-state index contributed by atoms with van der Waals surface area (Å²) in [6, 6.07) is 15.2. The highest BCUT2D eigenvalue weighted by Gasteiger charge is 2.17. The monoisotopic (exact) mass is 307 g/mol. The van der Waals surface area contributed by atoms with Crippen LogP contribution in [0.5, 0.6) is 0 Å². The lowest BCUT2D eigenvalue weighted by molar-refractivity contribution is 1.10. The summed E-state index contributed by atoms with van der Waals surface area (Å²) in [6.45, 7) is 4.36. The van der Waals surface area contributed by atoms with Crippen LogP contribution in [0.15, 0.2) is 57.9 Å². The van der Waals surface area contributed by atoms with Crippen LogP contribution in [0.3, 0.4) is 0 Å². The Kier molecular flexibility index (Phi) is 4.49. The molecule has 22 heavy (non-hydrogen) atoms. The average Bonchev–Trinajstić information content (AvgIpc) is 2.93. The van der Waals surface area contributed by atoms with Gasteiger partial charge in [0.1, 0.15) is 0 Å². The summed E-state index contributed by atoms with van der Waals surface area (Å²) in [5.41, 5.74) is 7.96. The summed E-state index contributed by atoms with van der Waals surface area (Å²) in [5, 5.41) is 0. The Labute approximate surface area is 137 Å². The minimum absolute atomic E-state index is 1.03. The Bertz CT molecular complexity index is 756. The summed E-state index contributed by atoms with van der Waals surface area (Å²) in [6.07, 6.45) is 6.23. The predicted octanol–water partition coefficient (Wildman–Crippen LogP) is 6.01. The molecule has 2 aromatic carbocycles. The largest absolute Gasteiger partial charge is 0.256 e. The van der Waals surface area contributed by atoms with Crippen molar-refractivity contribution in [2.75, 3.05) is 6.26 Å². The summed E-state index contributed by atoms with van der Waals surface area (Å²) in [7, 11) is 0. The minimum atomic E-state index is 1.03. The Balaban J connectivity index is 1.93. The van der Waals surface area contributed by atoms with E-state index in [4.69, 9.17) is 4.99 Å². The molecule has 0 saturated carbocycles. The van der Waals surface area contributed by atoms with Crippen molar-refractivity contribution in [1.29, 1.82) is 0 Å². The van der Waals surface area contributed by atoms with E-state index < -0.39 is 0 Å². The average molecular weight is 307 g/mol. The first-order valence-electron chi connectivity index (χ1n) is 7.72. The van der Waals surface area contributed by atoms with Gasteiger partial charge in [-0.05, 0) is 60.4 Å². The van der Waals surface area contributed by atoms with E-state index >= 15 is 0 Å². The zero-order valence-corrected chi connectivity index (χ0v) is 14.2. The summed E-state index contributed by atoms with van der Waals surface area (Å²) < 4.78 is 0. The first-order valence-corrected chi connectivity index (χ1v) is 8.94. The number of fused-ring (bicyclic) bond motifs is 3. The molecule has 0 aromatic heterocycles. The molecule has 0 heterocycles. The van der Waals surface area contributed by atoms with Crippen molar-refractivity contribution < 1.29 is 0 Å². The molecule has 0 spiro atoms. The predicted molar refractivity (Wildman–Crippen MR) is 99.3 cm³/mol. The number of thioether (sulfide) groups is 1. The van der Waals surface area contributed by atoms with Gasteiger partial charge in [-0.3, -0.25) is 4.99 Å². The lowest BCUT2D eigenvalue weighted by Gasteiger charge is -2.04. The summed E-state index contributed by atoms with van der Waals surface area (Å²) in [4.78, 5) is 5.96.